The smallest absolute Gasteiger partial charge is 0.255 e. The van der Waals surface area contributed by atoms with Crippen molar-refractivity contribution < 1.29 is 32.2 Å². The third kappa shape index (κ3) is 6.11. The molecule has 0 atom stereocenters. The van der Waals surface area contributed by atoms with E-state index in [1.807, 2.05) is 6.92 Å². The number of hydrogen-bond donors (Lipinski definition) is 1. The van der Waals surface area contributed by atoms with E-state index in [0.29, 0.717) is 29.4 Å². The molecule has 1 N–H and O–H groups in total. The lowest BCUT2D eigenvalue weighted by Gasteiger charge is -2.17. The molecule has 0 saturated carbocycles. The molecule has 0 spiro atoms. The Kier molecular flexibility index (Phi) is 8.85. The van der Waals surface area contributed by atoms with E-state index in [0.717, 1.165) is 4.31 Å². The van der Waals surface area contributed by atoms with Gasteiger partial charge in [-0.15, -0.1) is 0 Å². The third-order valence-electron chi connectivity index (χ3n) is 4.32. The van der Waals surface area contributed by atoms with Gasteiger partial charge in [0.25, 0.3) is 5.91 Å². The second-order valence-corrected chi connectivity index (χ2v) is 8.46. The number of ether oxygens (including phenoxy) is 4. The lowest BCUT2D eigenvalue weighted by Crippen LogP contribution is -2.36. The number of hydrogen-bond acceptors (Lipinski definition) is 8. The van der Waals surface area contributed by atoms with Crippen LogP contribution in [-0.2, 0) is 14.8 Å². The molecular weight excluding hydrogens is 438 g/mol. The first-order valence-electron chi connectivity index (χ1n) is 9.57. The van der Waals surface area contributed by atoms with Gasteiger partial charge in [0.15, 0.2) is 23.0 Å². The molecule has 2 aromatic rings. The number of hydrazone groups is 1. The summed E-state index contributed by atoms with van der Waals surface area (Å²) < 4.78 is 47.4. The minimum Gasteiger partial charge on any atom is -0.493 e. The molecule has 174 valence electrons. The summed E-state index contributed by atoms with van der Waals surface area (Å²) in [5.41, 5.74) is 2.98. The monoisotopic (exact) mass is 465 g/mol. The summed E-state index contributed by atoms with van der Waals surface area (Å²) in [4.78, 5) is 12.2. The van der Waals surface area contributed by atoms with Gasteiger partial charge < -0.3 is 18.9 Å². The zero-order valence-corrected chi connectivity index (χ0v) is 19.4. The van der Waals surface area contributed by atoms with Gasteiger partial charge in [0.2, 0.25) is 10.0 Å². The fraction of sp³-hybridized carbons (Fsp3) is 0.333. The summed E-state index contributed by atoms with van der Waals surface area (Å²) in [6, 6.07) is 9.37. The summed E-state index contributed by atoms with van der Waals surface area (Å²) in [6.07, 6.45) is 1.42. The molecule has 11 heteroatoms. The maximum Gasteiger partial charge on any atom is 0.255 e. The predicted octanol–water partition coefficient (Wildman–Crippen LogP) is 1.88. The molecule has 0 unspecified atom stereocenters. The second-order valence-electron chi connectivity index (χ2n) is 6.41. The summed E-state index contributed by atoms with van der Waals surface area (Å²) in [7, 11) is 1.74. The van der Waals surface area contributed by atoms with Crippen LogP contribution in [0.25, 0.3) is 0 Å². The van der Waals surface area contributed by atoms with E-state index in [9.17, 15) is 13.2 Å². The van der Waals surface area contributed by atoms with Gasteiger partial charge in [-0.05, 0) is 42.8 Å². The summed E-state index contributed by atoms with van der Waals surface area (Å²) >= 11 is 0. The van der Waals surface area contributed by atoms with Crippen molar-refractivity contribution in [3.8, 4) is 23.0 Å². The van der Waals surface area contributed by atoms with E-state index in [4.69, 9.17) is 18.9 Å². The van der Waals surface area contributed by atoms with Gasteiger partial charge in [0.1, 0.15) is 0 Å². The number of sulfonamides is 1. The Labute approximate surface area is 187 Å². The molecule has 2 rings (SSSR count). The van der Waals surface area contributed by atoms with Crippen LogP contribution >= 0.6 is 0 Å². The molecule has 10 nitrogen and oxygen atoms in total. The van der Waals surface area contributed by atoms with Crippen LogP contribution in [0.5, 0.6) is 23.0 Å². The molecule has 0 radical (unpaired) electrons. The Morgan fingerprint density at radius 1 is 1.00 bits per heavy atom. The molecular formula is C21H27N3O7S. The quantitative estimate of drug-likeness (QED) is 0.398. The van der Waals surface area contributed by atoms with Crippen molar-refractivity contribution in [2.45, 2.75) is 11.8 Å². The fourth-order valence-corrected chi connectivity index (χ4v) is 3.84. The van der Waals surface area contributed by atoms with Gasteiger partial charge in [0, 0.05) is 13.1 Å². The van der Waals surface area contributed by atoms with Crippen LogP contribution in [0.2, 0.25) is 0 Å². The van der Waals surface area contributed by atoms with Crippen LogP contribution in [0, 0.1) is 0 Å². The minimum atomic E-state index is -3.93. The van der Waals surface area contributed by atoms with Crippen molar-refractivity contribution in [2.75, 3.05) is 41.5 Å². The normalized spacial score (nSPS) is 11.4. The van der Waals surface area contributed by atoms with E-state index >= 15 is 0 Å². The number of carbonyl (C=O) groups excluding carboxylic acids is 1. The van der Waals surface area contributed by atoms with E-state index in [1.165, 1.54) is 52.8 Å². The Morgan fingerprint density at radius 2 is 1.62 bits per heavy atom. The molecule has 0 heterocycles. The molecule has 0 bridgehead atoms. The Hall–Kier alpha value is -3.31. The van der Waals surface area contributed by atoms with Crippen molar-refractivity contribution in [3.05, 3.63) is 42.0 Å². The van der Waals surface area contributed by atoms with E-state index < -0.39 is 22.5 Å². The van der Waals surface area contributed by atoms with Gasteiger partial charge in [-0.25, -0.2) is 13.8 Å². The minimum absolute atomic E-state index is 0.0320. The largest absolute Gasteiger partial charge is 0.493 e. The highest BCUT2D eigenvalue weighted by atomic mass is 32.2. The van der Waals surface area contributed by atoms with Crippen molar-refractivity contribution >= 4 is 22.1 Å². The van der Waals surface area contributed by atoms with Crippen LogP contribution in [0.15, 0.2) is 46.4 Å². The average molecular weight is 466 g/mol. The van der Waals surface area contributed by atoms with Crippen LogP contribution in [0.1, 0.15) is 12.5 Å². The van der Waals surface area contributed by atoms with Crippen LogP contribution in [0.3, 0.4) is 0 Å². The van der Waals surface area contributed by atoms with Crippen LogP contribution in [0.4, 0.5) is 0 Å². The van der Waals surface area contributed by atoms with Crippen molar-refractivity contribution in [3.63, 3.8) is 0 Å². The molecule has 0 fully saturated rings. The highest BCUT2D eigenvalue weighted by molar-refractivity contribution is 7.89. The Balaban J connectivity index is 2.03. The van der Waals surface area contributed by atoms with Gasteiger partial charge in [-0.1, -0.05) is 0 Å². The maximum atomic E-state index is 12.8. The van der Waals surface area contributed by atoms with E-state index in [2.05, 4.69) is 10.5 Å². The van der Waals surface area contributed by atoms with E-state index in [1.54, 1.807) is 18.2 Å². The summed E-state index contributed by atoms with van der Waals surface area (Å²) in [5.74, 6) is 1.18. The van der Waals surface area contributed by atoms with Crippen LogP contribution < -0.4 is 24.4 Å². The molecule has 1 amide bonds. The van der Waals surface area contributed by atoms with Crippen molar-refractivity contribution in [2.24, 2.45) is 5.10 Å². The molecule has 0 saturated heterocycles. The van der Waals surface area contributed by atoms with Gasteiger partial charge >= 0.3 is 0 Å². The highest BCUT2D eigenvalue weighted by Gasteiger charge is 2.24. The number of carbonyl (C=O) groups is 1. The molecule has 0 aromatic heterocycles. The zero-order valence-electron chi connectivity index (χ0n) is 18.6. The number of benzene rings is 2. The van der Waals surface area contributed by atoms with Gasteiger partial charge in [0.05, 0.1) is 45.6 Å². The third-order valence-corrected chi connectivity index (χ3v) is 6.12. The standard InChI is InChI=1S/C21H27N3O7S/c1-6-31-18-9-7-15(11-19(18)29-4)13-22-23-21(25)14-24(2)32(26,27)16-8-10-17(28-3)20(12-16)30-5/h7-13H,6,14H2,1-5H3,(H,23,25)/b22-13-. The van der Waals surface area contributed by atoms with Crippen molar-refractivity contribution in [1.29, 1.82) is 0 Å². The number of likely N-dealkylation sites (N-methyl/N-ethyl adjacent to an activating group) is 1. The number of rotatable bonds is 11. The Bertz CT molecular complexity index is 1070. The maximum absolute atomic E-state index is 12.8. The summed E-state index contributed by atoms with van der Waals surface area (Å²) in [6.45, 7) is 1.94. The SMILES string of the molecule is CCOc1ccc(/C=N\NC(=O)CN(C)S(=O)(=O)c2ccc(OC)c(OC)c2)cc1OC. The molecule has 0 aliphatic rings. The first kappa shape index (κ1) is 25.0. The van der Waals surface area contributed by atoms with Gasteiger partial charge in [-0.2, -0.15) is 9.41 Å². The molecule has 32 heavy (non-hydrogen) atoms. The van der Waals surface area contributed by atoms with Crippen LogP contribution in [-0.4, -0.2) is 66.4 Å². The first-order valence-corrected chi connectivity index (χ1v) is 11.0. The predicted molar refractivity (Wildman–Crippen MR) is 119 cm³/mol. The molecule has 0 aliphatic carbocycles. The number of methoxy groups -OCH3 is 3. The molecule has 2 aromatic carbocycles. The van der Waals surface area contributed by atoms with E-state index in [-0.39, 0.29) is 10.6 Å². The lowest BCUT2D eigenvalue weighted by molar-refractivity contribution is -0.121. The topological polar surface area (TPSA) is 116 Å². The summed E-state index contributed by atoms with van der Waals surface area (Å²) in [5, 5.41) is 3.87. The zero-order chi connectivity index (χ0) is 23.7. The highest BCUT2D eigenvalue weighted by Crippen LogP contribution is 2.30. The number of nitrogens with one attached hydrogen (secondary N) is 1. The lowest BCUT2D eigenvalue weighted by atomic mass is 10.2. The first-order chi connectivity index (χ1) is 15.3. The average Bonchev–Trinajstić information content (AvgIpc) is 2.79. The second kappa shape index (κ2) is 11.3. The van der Waals surface area contributed by atoms with Gasteiger partial charge in [-0.3, -0.25) is 4.79 Å². The fourth-order valence-electron chi connectivity index (χ4n) is 2.70. The van der Waals surface area contributed by atoms with Crippen molar-refractivity contribution in [1.82, 2.24) is 9.73 Å². The Morgan fingerprint density at radius 3 is 2.25 bits per heavy atom. The number of nitrogens with zero attached hydrogens (tertiary/aromatic N) is 2. The molecule has 0 aliphatic heterocycles. The number of amides is 1.